The van der Waals surface area contributed by atoms with E-state index in [-0.39, 0.29) is 38.8 Å². The second kappa shape index (κ2) is 7.76. The van der Waals surface area contributed by atoms with Crippen molar-refractivity contribution in [2.45, 2.75) is 13.8 Å². The summed E-state index contributed by atoms with van der Waals surface area (Å²) in [6.45, 7) is 3.90. The Bertz CT molecular complexity index is 394. The highest BCUT2D eigenvalue weighted by molar-refractivity contribution is 5.77. The molecule has 0 bridgehead atoms. The van der Waals surface area contributed by atoms with Crippen LogP contribution in [0.25, 0.3) is 0 Å². The Kier molecular flexibility index (Phi) is 6.32. The monoisotopic (exact) mass is 267 g/mol. The quantitative estimate of drug-likeness (QED) is 0.754. The highest BCUT2D eigenvalue weighted by atomic mass is 16.5. The molecule has 1 amide bonds. The molecule has 0 fully saturated rings. The molecular formula is C14H21NO4. The Labute approximate surface area is 113 Å². The highest BCUT2D eigenvalue weighted by Gasteiger charge is 2.14. The van der Waals surface area contributed by atoms with Gasteiger partial charge in [-0.2, -0.15) is 0 Å². The summed E-state index contributed by atoms with van der Waals surface area (Å²) in [4.78, 5) is 13.3. The molecular weight excluding hydrogens is 246 g/mol. The summed E-state index contributed by atoms with van der Waals surface area (Å²) in [5.41, 5.74) is 1.95. The first-order valence-electron chi connectivity index (χ1n) is 6.28. The van der Waals surface area contributed by atoms with Crippen molar-refractivity contribution in [1.82, 2.24) is 4.90 Å². The number of rotatable bonds is 7. The highest BCUT2D eigenvalue weighted by Crippen LogP contribution is 2.22. The average molecular weight is 267 g/mol. The SMILES string of the molecule is Cc1cccc(C)c1OCC(=O)N(CCO)CCO. The summed E-state index contributed by atoms with van der Waals surface area (Å²) < 4.78 is 5.55. The molecule has 0 aliphatic heterocycles. The third-order valence-corrected chi connectivity index (χ3v) is 2.84. The van der Waals surface area contributed by atoms with E-state index in [0.717, 1.165) is 11.1 Å². The topological polar surface area (TPSA) is 70.0 Å². The van der Waals surface area contributed by atoms with Gasteiger partial charge in [-0.1, -0.05) is 18.2 Å². The lowest BCUT2D eigenvalue weighted by Gasteiger charge is -2.21. The molecule has 0 radical (unpaired) electrons. The first kappa shape index (κ1) is 15.5. The first-order valence-corrected chi connectivity index (χ1v) is 6.28. The van der Waals surface area contributed by atoms with Gasteiger partial charge in [0.05, 0.1) is 13.2 Å². The third kappa shape index (κ3) is 4.54. The van der Waals surface area contributed by atoms with Crippen molar-refractivity contribution in [1.29, 1.82) is 0 Å². The van der Waals surface area contributed by atoms with Crippen LogP contribution in [0.3, 0.4) is 0 Å². The Hall–Kier alpha value is -1.59. The Morgan fingerprint density at radius 1 is 1.16 bits per heavy atom. The van der Waals surface area contributed by atoms with Crippen molar-refractivity contribution in [3.63, 3.8) is 0 Å². The van der Waals surface area contributed by atoms with Crippen LogP contribution in [-0.2, 0) is 4.79 Å². The molecule has 1 aromatic rings. The minimum Gasteiger partial charge on any atom is -0.483 e. The maximum Gasteiger partial charge on any atom is 0.260 e. The van der Waals surface area contributed by atoms with Gasteiger partial charge in [-0.3, -0.25) is 4.79 Å². The number of aliphatic hydroxyl groups excluding tert-OH is 2. The maximum absolute atomic E-state index is 11.9. The van der Waals surface area contributed by atoms with Crippen molar-refractivity contribution in [2.24, 2.45) is 0 Å². The van der Waals surface area contributed by atoms with Crippen LogP contribution in [0.4, 0.5) is 0 Å². The fraction of sp³-hybridized carbons (Fsp3) is 0.500. The number of para-hydroxylation sites is 1. The predicted octanol–water partition coefficient (Wildman–Crippen LogP) is 0.495. The summed E-state index contributed by atoms with van der Waals surface area (Å²) in [5.74, 6) is 0.467. The largest absolute Gasteiger partial charge is 0.483 e. The van der Waals surface area contributed by atoms with Crippen LogP contribution < -0.4 is 4.74 Å². The summed E-state index contributed by atoms with van der Waals surface area (Å²) in [6.07, 6.45) is 0. The van der Waals surface area contributed by atoms with Crippen LogP contribution in [0, 0.1) is 13.8 Å². The first-order chi connectivity index (χ1) is 9.10. The van der Waals surface area contributed by atoms with Crippen LogP contribution in [0.15, 0.2) is 18.2 Å². The predicted molar refractivity (Wildman–Crippen MR) is 72.2 cm³/mol. The van der Waals surface area contributed by atoms with Crippen molar-refractivity contribution in [3.8, 4) is 5.75 Å². The van der Waals surface area contributed by atoms with E-state index in [9.17, 15) is 4.79 Å². The van der Waals surface area contributed by atoms with E-state index in [0.29, 0.717) is 5.75 Å². The van der Waals surface area contributed by atoms with Crippen LogP contribution in [-0.4, -0.2) is 53.9 Å². The number of hydrogen-bond donors (Lipinski definition) is 2. The molecule has 0 aliphatic rings. The van der Waals surface area contributed by atoms with Crippen LogP contribution in [0.2, 0.25) is 0 Å². The molecule has 0 aromatic heterocycles. The number of carbonyl (C=O) groups is 1. The minimum absolute atomic E-state index is 0.0916. The van der Waals surface area contributed by atoms with Gasteiger partial charge in [0.15, 0.2) is 6.61 Å². The summed E-state index contributed by atoms with van der Waals surface area (Å²) in [6, 6.07) is 5.78. The molecule has 0 saturated carbocycles. The zero-order valence-electron chi connectivity index (χ0n) is 11.4. The second-order valence-corrected chi connectivity index (χ2v) is 4.34. The number of amides is 1. The van der Waals surface area contributed by atoms with Crippen LogP contribution in [0.5, 0.6) is 5.75 Å². The number of carbonyl (C=O) groups excluding carboxylic acids is 1. The molecule has 0 aliphatic carbocycles. The average Bonchev–Trinajstić information content (AvgIpc) is 2.37. The Morgan fingerprint density at radius 3 is 2.16 bits per heavy atom. The number of aryl methyl sites for hydroxylation is 2. The second-order valence-electron chi connectivity index (χ2n) is 4.34. The zero-order valence-corrected chi connectivity index (χ0v) is 11.4. The Balaban J connectivity index is 2.62. The number of benzene rings is 1. The van der Waals surface area contributed by atoms with E-state index in [1.54, 1.807) is 0 Å². The standard InChI is InChI=1S/C14H21NO4/c1-11-4-3-5-12(2)14(11)19-10-13(18)15(6-8-16)7-9-17/h3-5,16-17H,6-10H2,1-2H3. The maximum atomic E-state index is 11.9. The van der Waals surface area contributed by atoms with E-state index < -0.39 is 0 Å². The molecule has 0 spiro atoms. The molecule has 0 unspecified atom stereocenters. The van der Waals surface area contributed by atoms with Gasteiger partial charge in [0.25, 0.3) is 5.91 Å². The fourth-order valence-corrected chi connectivity index (χ4v) is 1.85. The van der Waals surface area contributed by atoms with E-state index in [4.69, 9.17) is 14.9 Å². The normalized spacial score (nSPS) is 10.3. The van der Waals surface area contributed by atoms with Gasteiger partial charge in [-0.15, -0.1) is 0 Å². The number of hydrogen-bond acceptors (Lipinski definition) is 4. The van der Waals surface area contributed by atoms with Crippen molar-refractivity contribution in [3.05, 3.63) is 29.3 Å². The van der Waals surface area contributed by atoms with E-state index in [2.05, 4.69) is 0 Å². The molecule has 0 saturated heterocycles. The molecule has 5 heteroatoms. The zero-order chi connectivity index (χ0) is 14.3. The van der Waals surface area contributed by atoms with Gasteiger partial charge in [0.2, 0.25) is 0 Å². The lowest BCUT2D eigenvalue weighted by Crippen LogP contribution is -2.39. The van der Waals surface area contributed by atoms with Crippen molar-refractivity contribution in [2.75, 3.05) is 32.9 Å². The number of ether oxygens (including phenoxy) is 1. The van der Waals surface area contributed by atoms with Gasteiger partial charge in [0.1, 0.15) is 5.75 Å². The van der Waals surface area contributed by atoms with Crippen LogP contribution in [0.1, 0.15) is 11.1 Å². The molecule has 1 rings (SSSR count). The molecule has 106 valence electrons. The lowest BCUT2D eigenvalue weighted by molar-refractivity contribution is -0.134. The van der Waals surface area contributed by atoms with Gasteiger partial charge in [-0.25, -0.2) is 0 Å². The summed E-state index contributed by atoms with van der Waals surface area (Å²) >= 11 is 0. The van der Waals surface area contributed by atoms with Gasteiger partial charge in [0, 0.05) is 13.1 Å². The molecule has 19 heavy (non-hydrogen) atoms. The lowest BCUT2D eigenvalue weighted by atomic mass is 10.1. The smallest absolute Gasteiger partial charge is 0.260 e. The van der Waals surface area contributed by atoms with Crippen LogP contribution >= 0.6 is 0 Å². The number of nitrogens with zero attached hydrogens (tertiary/aromatic N) is 1. The summed E-state index contributed by atoms with van der Waals surface area (Å²) in [7, 11) is 0. The molecule has 2 N–H and O–H groups in total. The minimum atomic E-state index is -0.245. The molecule has 0 heterocycles. The van der Waals surface area contributed by atoms with Crippen molar-refractivity contribution < 1.29 is 19.7 Å². The van der Waals surface area contributed by atoms with E-state index in [1.165, 1.54) is 4.90 Å². The van der Waals surface area contributed by atoms with Crippen molar-refractivity contribution >= 4 is 5.91 Å². The van der Waals surface area contributed by atoms with E-state index >= 15 is 0 Å². The molecule has 5 nitrogen and oxygen atoms in total. The molecule has 0 atom stereocenters. The van der Waals surface area contributed by atoms with Gasteiger partial charge in [-0.05, 0) is 25.0 Å². The molecule has 1 aromatic carbocycles. The van der Waals surface area contributed by atoms with Gasteiger partial charge >= 0.3 is 0 Å². The summed E-state index contributed by atoms with van der Waals surface area (Å²) in [5, 5.41) is 17.7. The van der Waals surface area contributed by atoms with E-state index in [1.807, 2.05) is 32.0 Å². The third-order valence-electron chi connectivity index (χ3n) is 2.84. The van der Waals surface area contributed by atoms with Gasteiger partial charge < -0.3 is 19.8 Å². The fourth-order valence-electron chi connectivity index (χ4n) is 1.85. The number of aliphatic hydroxyl groups is 2. The Morgan fingerprint density at radius 2 is 1.68 bits per heavy atom.